The van der Waals surface area contributed by atoms with Crippen LogP contribution in [-0.2, 0) is 30.5 Å². The lowest BCUT2D eigenvalue weighted by Crippen LogP contribution is -2.48. The van der Waals surface area contributed by atoms with Crippen LogP contribution in [0.2, 0.25) is 0 Å². The van der Waals surface area contributed by atoms with E-state index >= 15 is 0 Å². The molecule has 3 amide bonds. The average molecular weight is 376 g/mol. The molecule has 0 unspecified atom stereocenters. The zero-order valence-corrected chi connectivity index (χ0v) is 15.6. The third kappa shape index (κ3) is 5.54. The van der Waals surface area contributed by atoms with Crippen LogP contribution in [0.15, 0.2) is 30.3 Å². The summed E-state index contributed by atoms with van der Waals surface area (Å²) in [6, 6.07) is 7.72. The molecule has 0 saturated carbocycles. The number of carbonyl (C=O) groups is 4. The molecule has 1 fully saturated rings. The Morgan fingerprint density at radius 2 is 1.93 bits per heavy atom. The van der Waals surface area contributed by atoms with Gasteiger partial charge in [0.25, 0.3) is 0 Å². The highest BCUT2D eigenvalue weighted by Gasteiger charge is 2.38. The van der Waals surface area contributed by atoms with E-state index in [2.05, 4.69) is 5.32 Å². The second-order valence-electron chi connectivity index (χ2n) is 6.71. The highest BCUT2D eigenvalue weighted by Crippen LogP contribution is 2.16. The van der Waals surface area contributed by atoms with Crippen molar-refractivity contribution >= 4 is 23.9 Å². The van der Waals surface area contributed by atoms with Gasteiger partial charge in [0, 0.05) is 6.92 Å². The topological polar surface area (TPSA) is 102 Å². The second-order valence-corrected chi connectivity index (χ2v) is 6.71. The molecule has 1 N–H and O–H groups in total. The number of nitrogens with one attached hydrogen (secondary N) is 1. The van der Waals surface area contributed by atoms with Crippen molar-refractivity contribution in [1.82, 2.24) is 10.2 Å². The van der Waals surface area contributed by atoms with Gasteiger partial charge >= 0.3 is 12.1 Å². The van der Waals surface area contributed by atoms with E-state index in [0.29, 0.717) is 0 Å². The fourth-order valence-electron chi connectivity index (χ4n) is 2.76. The van der Waals surface area contributed by atoms with E-state index in [1.165, 1.54) is 6.92 Å². The van der Waals surface area contributed by atoms with Crippen molar-refractivity contribution in [2.75, 3.05) is 6.61 Å². The van der Waals surface area contributed by atoms with Gasteiger partial charge in [-0.2, -0.15) is 0 Å². The van der Waals surface area contributed by atoms with Crippen LogP contribution in [-0.4, -0.2) is 47.5 Å². The molecule has 2 rings (SSSR count). The maximum Gasteiger partial charge on any atom is 0.416 e. The summed E-state index contributed by atoms with van der Waals surface area (Å²) < 4.78 is 10.1. The molecular formula is C19H24N2O6. The summed E-state index contributed by atoms with van der Waals surface area (Å²) in [6.45, 7) is 4.88. The van der Waals surface area contributed by atoms with Crippen molar-refractivity contribution in [2.24, 2.45) is 5.92 Å². The van der Waals surface area contributed by atoms with E-state index in [1.54, 1.807) is 13.8 Å². The average Bonchev–Trinajstić information content (AvgIpc) is 2.98. The number of nitrogens with zero attached hydrogens (tertiary/aromatic N) is 1. The monoisotopic (exact) mass is 376 g/mol. The predicted molar refractivity (Wildman–Crippen MR) is 95.3 cm³/mol. The van der Waals surface area contributed by atoms with E-state index in [9.17, 15) is 19.2 Å². The van der Waals surface area contributed by atoms with Gasteiger partial charge < -0.3 is 14.8 Å². The number of ether oxygens (including phenoxy) is 2. The fourth-order valence-corrected chi connectivity index (χ4v) is 2.76. The van der Waals surface area contributed by atoms with E-state index in [0.717, 1.165) is 10.5 Å². The van der Waals surface area contributed by atoms with E-state index < -0.39 is 36.0 Å². The minimum atomic E-state index is -0.829. The third-order valence-electron chi connectivity index (χ3n) is 4.18. The molecule has 0 radical (unpaired) electrons. The van der Waals surface area contributed by atoms with Gasteiger partial charge in [0.1, 0.15) is 19.3 Å². The molecule has 2 atom stereocenters. The Morgan fingerprint density at radius 3 is 2.52 bits per heavy atom. The minimum absolute atomic E-state index is 0.0450. The molecule has 1 saturated heterocycles. The van der Waals surface area contributed by atoms with Crippen LogP contribution in [0.4, 0.5) is 4.79 Å². The Hall–Kier alpha value is -2.90. The number of imide groups is 1. The minimum Gasteiger partial charge on any atom is -0.459 e. The predicted octanol–water partition coefficient (Wildman–Crippen LogP) is 1.63. The first-order valence-corrected chi connectivity index (χ1v) is 8.76. The lowest BCUT2D eigenvalue weighted by atomic mass is 10.0. The number of amides is 3. The van der Waals surface area contributed by atoms with Gasteiger partial charge in [-0.1, -0.05) is 44.2 Å². The molecule has 0 aliphatic carbocycles. The molecular weight excluding hydrogens is 352 g/mol. The molecule has 0 aromatic heterocycles. The van der Waals surface area contributed by atoms with Crippen molar-refractivity contribution in [3.05, 3.63) is 35.9 Å². The Bertz CT molecular complexity index is 703. The maximum absolute atomic E-state index is 12.4. The van der Waals surface area contributed by atoms with Gasteiger partial charge in [-0.25, -0.2) is 14.5 Å². The first-order valence-electron chi connectivity index (χ1n) is 8.76. The molecule has 8 heteroatoms. The summed E-state index contributed by atoms with van der Waals surface area (Å²) >= 11 is 0. The largest absolute Gasteiger partial charge is 0.459 e. The summed E-state index contributed by atoms with van der Waals surface area (Å²) in [5, 5.41) is 2.64. The quantitative estimate of drug-likeness (QED) is 0.726. The molecule has 1 aliphatic rings. The first-order chi connectivity index (χ1) is 12.8. The number of hydrogen-bond donors (Lipinski definition) is 1. The molecule has 1 heterocycles. The van der Waals surface area contributed by atoms with Gasteiger partial charge in [-0.05, 0) is 11.5 Å². The standard InChI is InChI=1S/C19H24N2O6/c1-12(2)17(18(24)26-10-14-7-5-4-6-8-14)20-16(23)9-15-11-27-19(25)21(15)13(3)22/h4-8,12,15,17H,9-11H2,1-3H3,(H,20,23)/t15-,17+/m1/s1. The normalized spacial score (nSPS) is 17.4. The number of carbonyl (C=O) groups excluding carboxylic acids is 4. The maximum atomic E-state index is 12.4. The first kappa shape index (κ1) is 20.4. The number of rotatable bonds is 7. The molecule has 0 spiro atoms. The van der Waals surface area contributed by atoms with Crippen molar-refractivity contribution in [3.63, 3.8) is 0 Å². The Balaban J connectivity index is 1.92. The van der Waals surface area contributed by atoms with Crippen LogP contribution in [0.5, 0.6) is 0 Å². The highest BCUT2D eigenvalue weighted by molar-refractivity contribution is 5.93. The second kappa shape index (κ2) is 9.16. The van der Waals surface area contributed by atoms with Gasteiger partial charge in [0.05, 0.1) is 12.5 Å². The Morgan fingerprint density at radius 1 is 1.26 bits per heavy atom. The summed E-state index contributed by atoms with van der Waals surface area (Å²) in [5.41, 5.74) is 0.846. The number of benzene rings is 1. The molecule has 27 heavy (non-hydrogen) atoms. The van der Waals surface area contributed by atoms with Crippen LogP contribution in [0, 0.1) is 5.92 Å². The summed E-state index contributed by atoms with van der Waals surface area (Å²) in [7, 11) is 0. The van der Waals surface area contributed by atoms with Gasteiger partial charge in [-0.15, -0.1) is 0 Å². The van der Waals surface area contributed by atoms with Crippen LogP contribution in [0.3, 0.4) is 0 Å². The van der Waals surface area contributed by atoms with Crippen molar-refractivity contribution in [2.45, 2.75) is 45.9 Å². The summed E-state index contributed by atoms with van der Waals surface area (Å²) in [6.07, 6.45) is -0.900. The Labute approximate surface area is 157 Å². The summed E-state index contributed by atoms with van der Waals surface area (Å²) in [5.74, 6) is -1.68. The molecule has 146 valence electrons. The fraction of sp³-hybridized carbons (Fsp3) is 0.474. The van der Waals surface area contributed by atoms with Crippen molar-refractivity contribution < 1.29 is 28.7 Å². The van der Waals surface area contributed by atoms with Crippen LogP contribution in [0.1, 0.15) is 32.8 Å². The molecule has 8 nitrogen and oxygen atoms in total. The number of esters is 1. The number of hydrogen-bond acceptors (Lipinski definition) is 6. The zero-order chi connectivity index (χ0) is 20.0. The van der Waals surface area contributed by atoms with E-state index in [1.807, 2.05) is 30.3 Å². The zero-order valence-electron chi connectivity index (χ0n) is 15.6. The Kier molecular flexibility index (Phi) is 6.92. The van der Waals surface area contributed by atoms with Crippen LogP contribution >= 0.6 is 0 Å². The SMILES string of the molecule is CC(=O)N1C(=O)OC[C@H]1CC(=O)N[C@H](C(=O)OCc1ccccc1)C(C)C. The van der Waals surface area contributed by atoms with Gasteiger partial charge in [0.15, 0.2) is 0 Å². The lowest BCUT2D eigenvalue weighted by molar-refractivity contribution is -0.150. The van der Waals surface area contributed by atoms with Crippen LogP contribution < -0.4 is 5.32 Å². The van der Waals surface area contributed by atoms with E-state index in [4.69, 9.17) is 9.47 Å². The van der Waals surface area contributed by atoms with Crippen molar-refractivity contribution in [3.8, 4) is 0 Å². The summed E-state index contributed by atoms with van der Waals surface area (Å²) in [4.78, 5) is 48.7. The third-order valence-corrected chi connectivity index (χ3v) is 4.18. The molecule has 1 aliphatic heterocycles. The van der Waals surface area contributed by atoms with E-state index in [-0.39, 0.29) is 25.6 Å². The molecule has 1 aromatic carbocycles. The van der Waals surface area contributed by atoms with Gasteiger partial charge in [-0.3, -0.25) is 9.59 Å². The molecule has 0 bridgehead atoms. The number of cyclic esters (lactones) is 1. The highest BCUT2D eigenvalue weighted by atomic mass is 16.6. The van der Waals surface area contributed by atoms with Gasteiger partial charge in [0.2, 0.25) is 11.8 Å². The lowest BCUT2D eigenvalue weighted by Gasteiger charge is -2.23. The van der Waals surface area contributed by atoms with Crippen molar-refractivity contribution in [1.29, 1.82) is 0 Å². The molecule has 1 aromatic rings. The van der Waals surface area contributed by atoms with Crippen LogP contribution in [0.25, 0.3) is 0 Å². The smallest absolute Gasteiger partial charge is 0.416 e.